The number of nitrogens with zero attached hydrogens (tertiary/aromatic N) is 1. The van der Waals surface area contributed by atoms with Gasteiger partial charge in [-0.1, -0.05) is 0 Å². The second kappa shape index (κ2) is 5.98. The van der Waals surface area contributed by atoms with Crippen LogP contribution in [-0.2, 0) is 9.47 Å². The Labute approximate surface area is 88.2 Å². The van der Waals surface area contributed by atoms with Gasteiger partial charge in [0.1, 0.15) is 6.61 Å². The molecule has 0 spiro atoms. The summed E-state index contributed by atoms with van der Waals surface area (Å²) in [7, 11) is 0. The van der Waals surface area contributed by atoms with Crippen LogP contribution in [0.1, 0.15) is 17.4 Å². The molecule has 15 heavy (non-hydrogen) atoms. The molecule has 0 fully saturated rings. The third-order valence-electron chi connectivity index (χ3n) is 1.70. The molecule has 0 aliphatic rings. The van der Waals surface area contributed by atoms with E-state index < -0.39 is 5.97 Å². The SMILES string of the molecule is CCOCCOC(=O)c1ncccc1N. The van der Waals surface area contributed by atoms with Crippen LogP contribution in [0.5, 0.6) is 0 Å². The minimum Gasteiger partial charge on any atom is -0.458 e. The Morgan fingerprint density at radius 1 is 1.53 bits per heavy atom. The molecule has 0 saturated carbocycles. The Morgan fingerprint density at radius 2 is 2.33 bits per heavy atom. The van der Waals surface area contributed by atoms with E-state index in [1.165, 1.54) is 6.20 Å². The van der Waals surface area contributed by atoms with Gasteiger partial charge in [0, 0.05) is 12.8 Å². The monoisotopic (exact) mass is 210 g/mol. The van der Waals surface area contributed by atoms with E-state index in [2.05, 4.69) is 4.98 Å². The van der Waals surface area contributed by atoms with Crippen molar-refractivity contribution in [3.63, 3.8) is 0 Å². The first-order valence-electron chi connectivity index (χ1n) is 4.71. The number of carbonyl (C=O) groups excluding carboxylic acids is 1. The molecule has 5 nitrogen and oxygen atoms in total. The highest BCUT2D eigenvalue weighted by atomic mass is 16.6. The highest BCUT2D eigenvalue weighted by Crippen LogP contribution is 2.07. The summed E-state index contributed by atoms with van der Waals surface area (Å²) < 4.78 is 9.93. The molecule has 1 heterocycles. The van der Waals surface area contributed by atoms with Crippen molar-refractivity contribution in [1.29, 1.82) is 0 Å². The van der Waals surface area contributed by atoms with Crippen LogP contribution in [-0.4, -0.2) is 30.8 Å². The molecule has 1 aromatic heterocycles. The van der Waals surface area contributed by atoms with Crippen molar-refractivity contribution >= 4 is 11.7 Å². The topological polar surface area (TPSA) is 74.4 Å². The van der Waals surface area contributed by atoms with Crippen LogP contribution < -0.4 is 5.73 Å². The number of hydrogen-bond acceptors (Lipinski definition) is 5. The molecular weight excluding hydrogens is 196 g/mol. The number of anilines is 1. The standard InChI is InChI=1S/C10H14N2O3/c1-2-14-6-7-15-10(13)9-8(11)4-3-5-12-9/h3-5H,2,6-7,11H2,1H3. The zero-order valence-corrected chi connectivity index (χ0v) is 8.60. The summed E-state index contributed by atoms with van der Waals surface area (Å²) in [5.41, 5.74) is 6.02. The fourth-order valence-electron chi connectivity index (χ4n) is 0.994. The van der Waals surface area contributed by atoms with Gasteiger partial charge in [0.05, 0.1) is 12.3 Å². The maximum Gasteiger partial charge on any atom is 0.359 e. The third-order valence-corrected chi connectivity index (χ3v) is 1.70. The smallest absolute Gasteiger partial charge is 0.359 e. The van der Waals surface area contributed by atoms with Crippen molar-refractivity contribution in [1.82, 2.24) is 4.98 Å². The van der Waals surface area contributed by atoms with Crippen LogP contribution in [0.25, 0.3) is 0 Å². The molecule has 0 aliphatic heterocycles. The third kappa shape index (κ3) is 3.55. The lowest BCUT2D eigenvalue weighted by molar-refractivity contribution is 0.0330. The quantitative estimate of drug-likeness (QED) is 0.576. The van der Waals surface area contributed by atoms with Crippen LogP contribution in [0.3, 0.4) is 0 Å². The van der Waals surface area contributed by atoms with Gasteiger partial charge in [-0.05, 0) is 19.1 Å². The van der Waals surface area contributed by atoms with E-state index in [0.717, 1.165) is 0 Å². The second-order valence-electron chi connectivity index (χ2n) is 2.77. The molecule has 5 heteroatoms. The fraction of sp³-hybridized carbons (Fsp3) is 0.400. The number of esters is 1. The number of hydrogen-bond donors (Lipinski definition) is 1. The molecule has 0 amide bonds. The van der Waals surface area contributed by atoms with Crippen molar-refractivity contribution < 1.29 is 14.3 Å². The minimum absolute atomic E-state index is 0.147. The molecule has 0 atom stereocenters. The van der Waals surface area contributed by atoms with E-state index in [1.54, 1.807) is 12.1 Å². The Kier molecular flexibility index (Phi) is 4.56. The zero-order valence-electron chi connectivity index (χ0n) is 8.60. The predicted molar refractivity (Wildman–Crippen MR) is 55.4 cm³/mol. The van der Waals surface area contributed by atoms with E-state index in [-0.39, 0.29) is 12.3 Å². The van der Waals surface area contributed by atoms with Crippen molar-refractivity contribution in [2.75, 3.05) is 25.6 Å². The van der Waals surface area contributed by atoms with Crippen molar-refractivity contribution in [3.8, 4) is 0 Å². The molecule has 0 aromatic carbocycles. The fourth-order valence-corrected chi connectivity index (χ4v) is 0.994. The molecule has 0 unspecified atom stereocenters. The van der Waals surface area contributed by atoms with Crippen LogP contribution in [0.15, 0.2) is 18.3 Å². The number of rotatable bonds is 5. The number of pyridine rings is 1. The molecule has 2 N–H and O–H groups in total. The van der Waals surface area contributed by atoms with E-state index in [1.807, 2.05) is 6.92 Å². The first kappa shape index (κ1) is 11.5. The minimum atomic E-state index is -0.521. The molecule has 0 radical (unpaired) electrons. The molecule has 1 rings (SSSR count). The Morgan fingerprint density at radius 3 is 3.00 bits per heavy atom. The predicted octanol–water partition coefficient (Wildman–Crippen LogP) is 0.857. The number of nitrogens with two attached hydrogens (primary N) is 1. The van der Waals surface area contributed by atoms with E-state index in [4.69, 9.17) is 15.2 Å². The Hall–Kier alpha value is -1.62. The lowest BCUT2D eigenvalue weighted by Gasteiger charge is -2.05. The van der Waals surface area contributed by atoms with Gasteiger partial charge in [-0.15, -0.1) is 0 Å². The summed E-state index contributed by atoms with van der Waals surface area (Å²) in [5.74, 6) is -0.521. The molecule has 1 aromatic rings. The summed E-state index contributed by atoms with van der Waals surface area (Å²) >= 11 is 0. The lowest BCUT2D eigenvalue weighted by Crippen LogP contribution is -2.13. The molecule has 0 bridgehead atoms. The van der Waals surface area contributed by atoms with Crippen molar-refractivity contribution in [3.05, 3.63) is 24.0 Å². The number of aromatic nitrogens is 1. The van der Waals surface area contributed by atoms with Gasteiger partial charge in [-0.3, -0.25) is 0 Å². The van der Waals surface area contributed by atoms with Crippen molar-refractivity contribution in [2.24, 2.45) is 0 Å². The maximum atomic E-state index is 11.4. The number of carbonyl (C=O) groups is 1. The number of nitrogen functional groups attached to an aromatic ring is 1. The largest absolute Gasteiger partial charge is 0.458 e. The zero-order chi connectivity index (χ0) is 11.1. The van der Waals surface area contributed by atoms with Gasteiger partial charge in [-0.25, -0.2) is 9.78 Å². The van der Waals surface area contributed by atoms with Gasteiger partial charge < -0.3 is 15.2 Å². The number of ether oxygens (including phenoxy) is 2. The highest BCUT2D eigenvalue weighted by Gasteiger charge is 2.11. The average molecular weight is 210 g/mol. The molecule has 0 aliphatic carbocycles. The Balaban J connectivity index is 2.44. The summed E-state index contributed by atoms with van der Waals surface area (Å²) in [6, 6.07) is 3.26. The van der Waals surface area contributed by atoms with E-state index >= 15 is 0 Å². The van der Waals surface area contributed by atoms with Crippen molar-refractivity contribution in [2.45, 2.75) is 6.92 Å². The van der Waals surface area contributed by atoms with Gasteiger partial charge in [0.15, 0.2) is 5.69 Å². The molecule has 0 saturated heterocycles. The first-order valence-corrected chi connectivity index (χ1v) is 4.71. The summed E-state index contributed by atoms with van der Waals surface area (Å²) in [5, 5.41) is 0. The Bertz CT molecular complexity index is 328. The summed E-state index contributed by atoms with van der Waals surface area (Å²) in [6.45, 7) is 3.07. The van der Waals surface area contributed by atoms with Crippen LogP contribution in [0.4, 0.5) is 5.69 Å². The van der Waals surface area contributed by atoms with Gasteiger partial charge >= 0.3 is 5.97 Å². The maximum absolute atomic E-state index is 11.4. The van der Waals surface area contributed by atoms with Crippen LogP contribution in [0, 0.1) is 0 Å². The first-order chi connectivity index (χ1) is 7.25. The van der Waals surface area contributed by atoms with Crippen LogP contribution in [0.2, 0.25) is 0 Å². The second-order valence-corrected chi connectivity index (χ2v) is 2.77. The van der Waals surface area contributed by atoms with E-state index in [9.17, 15) is 4.79 Å². The van der Waals surface area contributed by atoms with Crippen LogP contribution >= 0.6 is 0 Å². The highest BCUT2D eigenvalue weighted by molar-refractivity contribution is 5.92. The van der Waals surface area contributed by atoms with Gasteiger partial charge in [0.25, 0.3) is 0 Å². The average Bonchev–Trinajstić information content (AvgIpc) is 2.25. The summed E-state index contributed by atoms with van der Waals surface area (Å²) in [6.07, 6.45) is 1.50. The van der Waals surface area contributed by atoms with Gasteiger partial charge in [-0.2, -0.15) is 0 Å². The normalized spacial score (nSPS) is 9.93. The molecule has 82 valence electrons. The lowest BCUT2D eigenvalue weighted by atomic mass is 10.3. The van der Waals surface area contributed by atoms with E-state index in [0.29, 0.717) is 18.9 Å². The van der Waals surface area contributed by atoms with Gasteiger partial charge in [0.2, 0.25) is 0 Å². The molecular formula is C10H14N2O3. The summed E-state index contributed by atoms with van der Waals surface area (Å²) in [4.78, 5) is 15.2.